The van der Waals surface area contributed by atoms with Crippen molar-refractivity contribution >= 4 is 17.1 Å². The highest BCUT2D eigenvalue weighted by Crippen LogP contribution is 2.40. The molecule has 4 heteroatoms. The highest BCUT2D eigenvalue weighted by atomic mass is 32.1. The summed E-state index contributed by atoms with van der Waals surface area (Å²) in [5, 5.41) is 1.86. The first-order chi connectivity index (χ1) is 7.83. The van der Waals surface area contributed by atoms with Gasteiger partial charge in [0.25, 0.3) is 0 Å². The minimum Gasteiger partial charge on any atom is -0.485 e. The number of carbonyl (C=O) groups is 1. The second-order valence-corrected chi connectivity index (χ2v) is 4.72. The normalized spacial score (nSPS) is 13.8. The van der Waals surface area contributed by atoms with E-state index >= 15 is 0 Å². The van der Waals surface area contributed by atoms with Crippen LogP contribution >= 0.6 is 11.3 Å². The number of carbonyl (C=O) groups excluding carboxylic acids is 1. The average molecular weight is 240 g/mol. The molecular weight excluding hydrogens is 224 g/mol. The van der Waals surface area contributed by atoms with Gasteiger partial charge in [0.05, 0.1) is 0 Å². The largest absolute Gasteiger partial charge is 0.485 e. The fourth-order valence-electron chi connectivity index (χ4n) is 1.70. The summed E-state index contributed by atoms with van der Waals surface area (Å²) in [5.74, 6) is 1.58. The lowest BCUT2D eigenvalue weighted by atomic mass is 10.1. The number of ketones is 1. The molecule has 0 unspecified atom stereocenters. The van der Waals surface area contributed by atoms with Gasteiger partial charge in [-0.05, 0) is 6.42 Å². The standard InChI is InChI=1S/C12H16O3S/c1-2-3-4-5-9(13)12-11-10(8-16-12)14-6-7-15-11/h8H,2-7H2,1H3. The van der Waals surface area contributed by atoms with Gasteiger partial charge < -0.3 is 9.47 Å². The van der Waals surface area contributed by atoms with Crippen LogP contribution in [0.1, 0.15) is 42.3 Å². The van der Waals surface area contributed by atoms with Crippen LogP contribution in [0, 0.1) is 0 Å². The molecule has 3 nitrogen and oxygen atoms in total. The third-order valence-electron chi connectivity index (χ3n) is 2.56. The molecule has 1 aromatic heterocycles. The van der Waals surface area contributed by atoms with Crippen molar-refractivity contribution in [3.63, 3.8) is 0 Å². The first-order valence-corrected chi connectivity index (χ1v) is 6.61. The van der Waals surface area contributed by atoms with Gasteiger partial charge in [0.1, 0.15) is 18.1 Å². The number of unbranched alkanes of at least 4 members (excludes halogenated alkanes) is 2. The molecule has 0 N–H and O–H groups in total. The lowest BCUT2D eigenvalue weighted by Crippen LogP contribution is -2.15. The topological polar surface area (TPSA) is 35.5 Å². The predicted molar refractivity (Wildman–Crippen MR) is 63.8 cm³/mol. The molecule has 2 heterocycles. The molecule has 0 saturated carbocycles. The molecule has 0 spiro atoms. The lowest BCUT2D eigenvalue weighted by Gasteiger charge is -2.15. The van der Waals surface area contributed by atoms with Crippen LogP contribution in [-0.4, -0.2) is 19.0 Å². The van der Waals surface area contributed by atoms with Crippen LogP contribution in [0.15, 0.2) is 5.38 Å². The molecule has 0 fully saturated rings. The summed E-state index contributed by atoms with van der Waals surface area (Å²) in [6.07, 6.45) is 3.82. The minimum absolute atomic E-state index is 0.185. The zero-order chi connectivity index (χ0) is 11.4. The maximum absolute atomic E-state index is 11.9. The van der Waals surface area contributed by atoms with E-state index in [0.29, 0.717) is 25.4 Å². The highest BCUT2D eigenvalue weighted by molar-refractivity contribution is 7.12. The van der Waals surface area contributed by atoms with Crippen molar-refractivity contribution in [2.24, 2.45) is 0 Å². The van der Waals surface area contributed by atoms with Gasteiger partial charge in [-0.3, -0.25) is 4.79 Å². The van der Waals surface area contributed by atoms with Crippen molar-refractivity contribution in [3.8, 4) is 11.5 Å². The zero-order valence-corrected chi connectivity index (χ0v) is 10.3. The quantitative estimate of drug-likeness (QED) is 0.585. The van der Waals surface area contributed by atoms with E-state index in [1.807, 2.05) is 5.38 Å². The Kier molecular flexibility index (Phi) is 3.83. The maximum Gasteiger partial charge on any atom is 0.182 e. The lowest BCUT2D eigenvalue weighted by molar-refractivity contribution is 0.0974. The van der Waals surface area contributed by atoms with Crippen molar-refractivity contribution in [3.05, 3.63) is 10.3 Å². The third kappa shape index (κ3) is 2.38. The summed E-state index contributed by atoms with van der Waals surface area (Å²) in [7, 11) is 0. The van der Waals surface area contributed by atoms with E-state index in [9.17, 15) is 4.79 Å². The Bertz CT molecular complexity index is 370. The molecule has 0 radical (unpaired) electrons. The van der Waals surface area contributed by atoms with Gasteiger partial charge in [-0.2, -0.15) is 0 Å². The second kappa shape index (κ2) is 5.34. The maximum atomic E-state index is 11.9. The Morgan fingerprint density at radius 3 is 3.00 bits per heavy atom. The van der Waals surface area contributed by atoms with E-state index in [-0.39, 0.29) is 5.78 Å². The molecule has 0 aromatic carbocycles. The number of rotatable bonds is 5. The number of hydrogen-bond donors (Lipinski definition) is 0. The van der Waals surface area contributed by atoms with E-state index in [0.717, 1.165) is 29.9 Å². The molecule has 16 heavy (non-hydrogen) atoms. The molecule has 0 amide bonds. The van der Waals surface area contributed by atoms with Crippen molar-refractivity contribution in [2.75, 3.05) is 13.2 Å². The van der Waals surface area contributed by atoms with E-state index in [2.05, 4.69) is 6.92 Å². The van der Waals surface area contributed by atoms with Crippen molar-refractivity contribution in [1.82, 2.24) is 0 Å². The molecule has 0 saturated heterocycles. The van der Waals surface area contributed by atoms with Crippen LogP contribution in [0.25, 0.3) is 0 Å². The van der Waals surface area contributed by atoms with Gasteiger partial charge in [-0.15, -0.1) is 11.3 Å². The molecule has 2 rings (SSSR count). The first-order valence-electron chi connectivity index (χ1n) is 5.73. The summed E-state index contributed by atoms with van der Waals surface area (Å²) >= 11 is 1.43. The van der Waals surface area contributed by atoms with Crippen LogP contribution < -0.4 is 9.47 Å². The van der Waals surface area contributed by atoms with Gasteiger partial charge in [0.15, 0.2) is 17.3 Å². The molecule has 88 valence electrons. The smallest absolute Gasteiger partial charge is 0.182 e. The van der Waals surface area contributed by atoms with Gasteiger partial charge in [-0.1, -0.05) is 19.8 Å². The van der Waals surface area contributed by atoms with E-state index in [4.69, 9.17) is 9.47 Å². The number of Topliss-reactive ketones (excluding diaryl/α,β-unsaturated/α-hetero) is 1. The van der Waals surface area contributed by atoms with Crippen molar-refractivity contribution in [2.45, 2.75) is 32.6 Å². The number of thiophene rings is 1. The Morgan fingerprint density at radius 2 is 2.19 bits per heavy atom. The summed E-state index contributed by atoms with van der Waals surface area (Å²) in [5.41, 5.74) is 0. The fourth-order valence-corrected chi connectivity index (χ4v) is 2.60. The number of fused-ring (bicyclic) bond motifs is 1. The number of ether oxygens (including phenoxy) is 2. The van der Waals surface area contributed by atoms with Crippen molar-refractivity contribution in [1.29, 1.82) is 0 Å². The Morgan fingerprint density at radius 1 is 1.38 bits per heavy atom. The molecule has 1 aromatic rings. The van der Waals surface area contributed by atoms with Gasteiger partial charge in [0.2, 0.25) is 0 Å². The average Bonchev–Trinajstić information content (AvgIpc) is 2.73. The Hall–Kier alpha value is -1.03. The van der Waals surface area contributed by atoms with E-state index in [1.165, 1.54) is 11.3 Å². The van der Waals surface area contributed by atoms with Crippen LogP contribution in [0.4, 0.5) is 0 Å². The molecular formula is C12H16O3S. The summed E-state index contributed by atoms with van der Waals surface area (Å²) in [6, 6.07) is 0. The van der Waals surface area contributed by atoms with Gasteiger partial charge >= 0.3 is 0 Å². The van der Waals surface area contributed by atoms with E-state index in [1.54, 1.807) is 0 Å². The summed E-state index contributed by atoms with van der Waals surface area (Å²) in [6.45, 7) is 3.25. The summed E-state index contributed by atoms with van der Waals surface area (Å²) in [4.78, 5) is 12.7. The molecule has 0 aliphatic carbocycles. The van der Waals surface area contributed by atoms with Crippen LogP contribution in [-0.2, 0) is 0 Å². The first kappa shape index (κ1) is 11.5. The van der Waals surface area contributed by atoms with Crippen molar-refractivity contribution < 1.29 is 14.3 Å². The van der Waals surface area contributed by atoms with E-state index < -0.39 is 0 Å². The highest BCUT2D eigenvalue weighted by Gasteiger charge is 2.22. The SMILES string of the molecule is CCCCCC(=O)c1scc2c1OCCO2. The predicted octanol–water partition coefficient (Wildman–Crippen LogP) is 3.28. The summed E-state index contributed by atoms with van der Waals surface area (Å²) < 4.78 is 10.9. The van der Waals surface area contributed by atoms with Crippen LogP contribution in [0.2, 0.25) is 0 Å². The molecule has 0 bridgehead atoms. The molecule has 0 atom stereocenters. The van der Waals surface area contributed by atoms with Crippen LogP contribution in [0.3, 0.4) is 0 Å². The Labute approximate surface area is 99.4 Å². The fraction of sp³-hybridized carbons (Fsp3) is 0.583. The number of hydrogen-bond acceptors (Lipinski definition) is 4. The molecule has 1 aliphatic heterocycles. The Balaban J connectivity index is 2.03. The second-order valence-electron chi connectivity index (χ2n) is 3.84. The third-order valence-corrected chi connectivity index (χ3v) is 3.54. The van der Waals surface area contributed by atoms with Gasteiger partial charge in [-0.25, -0.2) is 0 Å². The monoisotopic (exact) mass is 240 g/mol. The van der Waals surface area contributed by atoms with Crippen LogP contribution in [0.5, 0.6) is 11.5 Å². The zero-order valence-electron chi connectivity index (χ0n) is 9.45. The minimum atomic E-state index is 0.185. The molecule has 1 aliphatic rings. The van der Waals surface area contributed by atoms with Gasteiger partial charge in [0, 0.05) is 11.8 Å².